The lowest BCUT2D eigenvalue weighted by Crippen LogP contribution is -2.12. The molecule has 0 saturated carbocycles. The van der Waals surface area contributed by atoms with Gasteiger partial charge in [-0.25, -0.2) is 0 Å². The Labute approximate surface area is 120 Å². The topological polar surface area (TPSA) is 42.0 Å². The predicted octanol–water partition coefficient (Wildman–Crippen LogP) is 3.26. The Morgan fingerprint density at radius 2 is 2.00 bits per heavy atom. The molecule has 0 aliphatic carbocycles. The summed E-state index contributed by atoms with van der Waals surface area (Å²) in [6, 6.07) is 11.6. The maximum atomic E-state index is 11.8. The van der Waals surface area contributed by atoms with E-state index in [9.17, 15) is 4.79 Å². The van der Waals surface area contributed by atoms with Crippen molar-refractivity contribution in [2.45, 2.75) is 12.8 Å². The first kappa shape index (κ1) is 13.0. The van der Waals surface area contributed by atoms with E-state index in [1.165, 1.54) is 0 Å². The number of aryl methyl sites for hydroxylation is 1. The lowest BCUT2D eigenvalue weighted by atomic mass is 10.1. The Balaban J connectivity index is 1.86. The van der Waals surface area contributed by atoms with E-state index in [-0.39, 0.29) is 5.91 Å². The van der Waals surface area contributed by atoms with Crippen LogP contribution < -0.4 is 5.32 Å². The molecule has 0 saturated heterocycles. The Morgan fingerprint density at radius 1 is 1.22 bits per heavy atom. The van der Waals surface area contributed by atoms with Crippen molar-refractivity contribution in [2.75, 3.05) is 5.32 Å². The highest BCUT2D eigenvalue weighted by Crippen LogP contribution is 2.13. The van der Waals surface area contributed by atoms with Gasteiger partial charge in [0.2, 0.25) is 5.91 Å². The third-order valence-corrected chi connectivity index (χ3v) is 3.17. The van der Waals surface area contributed by atoms with Gasteiger partial charge in [0.15, 0.2) is 0 Å². The van der Waals surface area contributed by atoms with Crippen LogP contribution in [0.25, 0.3) is 0 Å². The molecule has 4 heteroatoms. The van der Waals surface area contributed by atoms with Crippen LogP contribution in [0.3, 0.4) is 0 Å². The molecule has 0 spiro atoms. The summed E-state index contributed by atoms with van der Waals surface area (Å²) in [4.78, 5) is 15.7. The van der Waals surface area contributed by atoms with E-state index >= 15 is 0 Å². The number of amides is 1. The highest BCUT2D eigenvalue weighted by Gasteiger charge is 2.03. The van der Waals surface area contributed by atoms with Crippen LogP contribution in [0, 0.1) is 3.57 Å². The van der Waals surface area contributed by atoms with Crippen molar-refractivity contribution in [3.8, 4) is 0 Å². The zero-order valence-corrected chi connectivity index (χ0v) is 11.9. The second kappa shape index (κ2) is 6.49. The quantitative estimate of drug-likeness (QED) is 0.859. The first-order valence-corrected chi connectivity index (χ1v) is 6.76. The average molecular weight is 352 g/mol. The Hall–Kier alpha value is -1.43. The third kappa shape index (κ3) is 4.10. The Morgan fingerprint density at radius 3 is 2.72 bits per heavy atom. The van der Waals surface area contributed by atoms with Crippen molar-refractivity contribution >= 4 is 34.2 Å². The van der Waals surface area contributed by atoms with Gasteiger partial charge >= 0.3 is 0 Å². The lowest BCUT2D eigenvalue weighted by Gasteiger charge is -2.05. The van der Waals surface area contributed by atoms with Crippen molar-refractivity contribution in [2.24, 2.45) is 0 Å². The SMILES string of the molecule is O=C(CCc1ccncc1)Nc1cccc(I)c1. The molecule has 3 nitrogen and oxygen atoms in total. The van der Waals surface area contributed by atoms with E-state index < -0.39 is 0 Å². The van der Waals surface area contributed by atoms with Crippen molar-refractivity contribution in [1.82, 2.24) is 4.98 Å². The van der Waals surface area contributed by atoms with Gasteiger partial charge in [-0.15, -0.1) is 0 Å². The molecule has 0 atom stereocenters. The molecule has 0 unspecified atom stereocenters. The van der Waals surface area contributed by atoms with Crippen LogP contribution in [0.15, 0.2) is 48.8 Å². The van der Waals surface area contributed by atoms with Crippen molar-refractivity contribution in [3.05, 3.63) is 57.9 Å². The summed E-state index contributed by atoms with van der Waals surface area (Å²) in [5.74, 6) is 0.0359. The minimum absolute atomic E-state index is 0.0359. The number of benzene rings is 1. The molecule has 0 radical (unpaired) electrons. The molecule has 1 amide bonds. The molecule has 18 heavy (non-hydrogen) atoms. The standard InChI is InChI=1S/C14H13IN2O/c15-12-2-1-3-13(10-12)17-14(18)5-4-11-6-8-16-9-7-11/h1-3,6-10H,4-5H2,(H,17,18). The molecule has 0 aliphatic rings. The number of halogens is 1. The smallest absolute Gasteiger partial charge is 0.224 e. The zero-order chi connectivity index (χ0) is 12.8. The number of hydrogen-bond acceptors (Lipinski definition) is 2. The minimum atomic E-state index is 0.0359. The minimum Gasteiger partial charge on any atom is -0.326 e. The number of carbonyl (C=O) groups excluding carboxylic acids is 1. The molecular formula is C14H13IN2O. The largest absolute Gasteiger partial charge is 0.326 e. The van der Waals surface area contributed by atoms with E-state index in [4.69, 9.17) is 0 Å². The van der Waals surface area contributed by atoms with Gasteiger partial charge in [-0.05, 0) is 64.9 Å². The molecule has 1 N–H and O–H groups in total. The Bertz CT molecular complexity index is 528. The van der Waals surface area contributed by atoms with Gasteiger partial charge in [0.1, 0.15) is 0 Å². The predicted molar refractivity (Wildman–Crippen MR) is 80.3 cm³/mol. The first-order valence-electron chi connectivity index (χ1n) is 5.68. The molecule has 0 aliphatic heterocycles. The summed E-state index contributed by atoms with van der Waals surface area (Å²) >= 11 is 2.22. The summed E-state index contributed by atoms with van der Waals surface area (Å²) < 4.78 is 1.11. The van der Waals surface area contributed by atoms with Gasteiger partial charge in [0, 0.05) is 28.1 Å². The molecule has 1 aromatic heterocycles. The van der Waals surface area contributed by atoms with Gasteiger partial charge in [-0.2, -0.15) is 0 Å². The van der Waals surface area contributed by atoms with Crippen molar-refractivity contribution in [3.63, 3.8) is 0 Å². The fourth-order valence-electron chi connectivity index (χ4n) is 1.60. The Kier molecular flexibility index (Phi) is 4.69. The van der Waals surface area contributed by atoms with Crippen molar-refractivity contribution < 1.29 is 4.79 Å². The summed E-state index contributed by atoms with van der Waals surface area (Å²) in [6.45, 7) is 0. The molecule has 1 aromatic carbocycles. The normalized spacial score (nSPS) is 10.1. The van der Waals surface area contributed by atoms with Crippen LogP contribution in [-0.4, -0.2) is 10.9 Å². The number of rotatable bonds is 4. The van der Waals surface area contributed by atoms with E-state index in [1.807, 2.05) is 36.4 Å². The van der Waals surface area contributed by atoms with Crippen LogP contribution >= 0.6 is 22.6 Å². The summed E-state index contributed by atoms with van der Waals surface area (Å²) in [6.07, 6.45) is 4.70. The molecule has 92 valence electrons. The molecule has 2 rings (SSSR count). The van der Waals surface area contributed by atoms with Crippen molar-refractivity contribution in [1.29, 1.82) is 0 Å². The molecule has 1 heterocycles. The average Bonchev–Trinajstić information content (AvgIpc) is 2.38. The van der Waals surface area contributed by atoms with Crippen LogP contribution in [0.5, 0.6) is 0 Å². The maximum absolute atomic E-state index is 11.8. The third-order valence-electron chi connectivity index (χ3n) is 2.50. The second-order valence-electron chi connectivity index (χ2n) is 3.91. The van der Waals surface area contributed by atoms with Crippen LogP contribution in [0.1, 0.15) is 12.0 Å². The summed E-state index contributed by atoms with van der Waals surface area (Å²) in [7, 11) is 0. The van der Waals surface area contributed by atoms with Gasteiger partial charge in [-0.1, -0.05) is 6.07 Å². The number of hydrogen-bond donors (Lipinski definition) is 1. The fraction of sp³-hybridized carbons (Fsp3) is 0.143. The van der Waals surface area contributed by atoms with E-state index in [2.05, 4.69) is 32.9 Å². The number of aromatic nitrogens is 1. The summed E-state index contributed by atoms with van der Waals surface area (Å²) in [5, 5.41) is 2.89. The monoisotopic (exact) mass is 352 g/mol. The first-order chi connectivity index (χ1) is 8.74. The molecule has 0 fully saturated rings. The van der Waals surface area contributed by atoms with Gasteiger partial charge in [-0.3, -0.25) is 9.78 Å². The van der Waals surface area contributed by atoms with Gasteiger partial charge < -0.3 is 5.32 Å². The zero-order valence-electron chi connectivity index (χ0n) is 9.77. The van der Waals surface area contributed by atoms with E-state index in [0.717, 1.165) is 21.2 Å². The maximum Gasteiger partial charge on any atom is 0.224 e. The summed E-state index contributed by atoms with van der Waals surface area (Å²) in [5.41, 5.74) is 1.98. The highest BCUT2D eigenvalue weighted by molar-refractivity contribution is 14.1. The fourth-order valence-corrected chi connectivity index (χ4v) is 2.14. The second-order valence-corrected chi connectivity index (χ2v) is 5.16. The number of pyridine rings is 1. The van der Waals surface area contributed by atoms with E-state index in [1.54, 1.807) is 12.4 Å². The van der Waals surface area contributed by atoms with Crippen LogP contribution in [-0.2, 0) is 11.2 Å². The van der Waals surface area contributed by atoms with Crippen LogP contribution in [0.4, 0.5) is 5.69 Å². The van der Waals surface area contributed by atoms with Gasteiger partial charge in [0.25, 0.3) is 0 Å². The van der Waals surface area contributed by atoms with E-state index in [0.29, 0.717) is 6.42 Å². The molecule has 2 aromatic rings. The van der Waals surface area contributed by atoms with Crippen LogP contribution in [0.2, 0.25) is 0 Å². The lowest BCUT2D eigenvalue weighted by molar-refractivity contribution is -0.116. The molecular weight excluding hydrogens is 339 g/mol. The van der Waals surface area contributed by atoms with Gasteiger partial charge in [0.05, 0.1) is 0 Å². The molecule has 0 bridgehead atoms. The number of carbonyl (C=O) groups is 1. The number of anilines is 1. The highest BCUT2D eigenvalue weighted by atomic mass is 127. The number of nitrogens with zero attached hydrogens (tertiary/aromatic N) is 1. The number of nitrogens with one attached hydrogen (secondary N) is 1.